The average molecular weight is 261 g/mol. The van der Waals surface area contributed by atoms with Gasteiger partial charge in [-0.3, -0.25) is 0 Å². The van der Waals surface area contributed by atoms with E-state index in [1.54, 1.807) is 0 Å². The van der Waals surface area contributed by atoms with Crippen LogP contribution in [0.1, 0.15) is 58.9 Å². The standard InChI is InChI=1S/C18H31N/c1-5-8-16(4)14-15-19(7-3)18-12-10-17(9-6-2)11-13-18/h10-13,16H,5-9,14-15H2,1-4H3. The molecule has 0 bridgehead atoms. The first kappa shape index (κ1) is 16.1. The fourth-order valence-corrected chi connectivity index (χ4v) is 2.65. The molecule has 0 N–H and O–H groups in total. The molecule has 1 aromatic rings. The van der Waals surface area contributed by atoms with E-state index < -0.39 is 0 Å². The second-order valence-electron chi connectivity index (χ2n) is 5.68. The lowest BCUT2D eigenvalue weighted by Gasteiger charge is -2.25. The van der Waals surface area contributed by atoms with Gasteiger partial charge in [-0.15, -0.1) is 0 Å². The minimum Gasteiger partial charge on any atom is -0.372 e. The number of hydrogen-bond donors (Lipinski definition) is 0. The maximum Gasteiger partial charge on any atom is 0.0366 e. The van der Waals surface area contributed by atoms with Crippen LogP contribution in [0, 0.1) is 5.92 Å². The Morgan fingerprint density at radius 3 is 2.16 bits per heavy atom. The summed E-state index contributed by atoms with van der Waals surface area (Å²) >= 11 is 0. The third-order valence-electron chi connectivity index (χ3n) is 3.90. The van der Waals surface area contributed by atoms with Crippen molar-refractivity contribution in [2.75, 3.05) is 18.0 Å². The first-order valence-electron chi connectivity index (χ1n) is 8.05. The maximum atomic E-state index is 2.50. The highest BCUT2D eigenvalue weighted by molar-refractivity contribution is 5.47. The molecule has 1 heteroatoms. The van der Waals surface area contributed by atoms with E-state index in [2.05, 4.69) is 56.9 Å². The summed E-state index contributed by atoms with van der Waals surface area (Å²) in [6, 6.07) is 9.16. The van der Waals surface area contributed by atoms with E-state index in [4.69, 9.17) is 0 Å². The second-order valence-corrected chi connectivity index (χ2v) is 5.68. The van der Waals surface area contributed by atoms with Crippen molar-refractivity contribution in [3.8, 4) is 0 Å². The highest BCUT2D eigenvalue weighted by Gasteiger charge is 2.07. The van der Waals surface area contributed by atoms with Gasteiger partial charge < -0.3 is 4.90 Å². The number of aryl methyl sites for hydroxylation is 1. The second kappa shape index (κ2) is 9.01. The minimum atomic E-state index is 0.846. The number of anilines is 1. The average Bonchev–Trinajstić information content (AvgIpc) is 2.42. The summed E-state index contributed by atoms with van der Waals surface area (Å²) < 4.78 is 0. The Labute approximate surface area is 120 Å². The third kappa shape index (κ3) is 5.67. The molecule has 0 spiro atoms. The first-order chi connectivity index (χ1) is 9.21. The van der Waals surface area contributed by atoms with Crippen molar-refractivity contribution in [2.45, 2.75) is 59.8 Å². The Morgan fingerprint density at radius 2 is 1.63 bits per heavy atom. The zero-order chi connectivity index (χ0) is 14.1. The lowest BCUT2D eigenvalue weighted by Crippen LogP contribution is -2.25. The molecule has 1 unspecified atom stereocenters. The molecule has 108 valence electrons. The van der Waals surface area contributed by atoms with E-state index in [-0.39, 0.29) is 0 Å². The number of rotatable bonds is 9. The molecule has 0 radical (unpaired) electrons. The Morgan fingerprint density at radius 1 is 0.947 bits per heavy atom. The summed E-state index contributed by atoms with van der Waals surface area (Å²) in [6.45, 7) is 11.4. The van der Waals surface area contributed by atoms with Gasteiger partial charge in [-0.2, -0.15) is 0 Å². The molecule has 1 atom stereocenters. The molecule has 0 aromatic heterocycles. The van der Waals surface area contributed by atoms with E-state index in [0.29, 0.717) is 0 Å². The van der Waals surface area contributed by atoms with Crippen molar-refractivity contribution in [1.82, 2.24) is 0 Å². The predicted molar refractivity (Wildman–Crippen MR) is 87.0 cm³/mol. The quantitative estimate of drug-likeness (QED) is 0.583. The number of benzene rings is 1. The van der Waals surface area contributed by atoms with Crippen molar-refractivity contribution >= 4 is 5.69 Å². The highest BCUT2D eigenvalue weighted by atomic mass is 15.1. The van der Waals surface area contributed by atoms with Crippen LogP contribution in [0.2, 0.25) is 0 Å². The third-order valence-corrected chi connectivity index (χ3v) is 3.90. The smallest absolute Gasteiger partial charge is 0.0366 e. The Balaban J connectivity index is 2.53. The van der Waals surface area contributed by atoms with Crippen LogP contribution < -0.4 is 4.90 Å². The fraction of sp³-hybridized carbons (Fsp3) is 0.667. The van der Waals surface area contributed by atoms with Crippen LogP contribution in [0.4, 0.5) is 5.69 Å². The largest absolute Gasteiger partial charge is 0.372 e. The van der Waals surface area contributed by atoms with Crippen LogP contribution in [0.3, 0.4) is 0 Å². The van der Waals surface area contributed by atoms with E-state index in [1.807, 2.05) is 0 Å². The van der Waals surface area contributed by atoms with Crippen LogP contribution in [0.15, 0.2) is 24.3 Å². The van der Waals surface area contributed by atoms with E-state index in [9.17, 15) is 0 Å². The highest BCUT2D eigenvalue weighted by Crippen LogP contribution is 2.18. The zero-order valence-corrected chi connectivity index (χ0v) is 13.3. The summed E-state index contributed by atoms with van der Waals surface area (Å²) in [6.07, 6.45) is 6.38. The summed E-state index contributed by atoms with van der Waals surface area (Å²) in [5.74, 6) is 0.846. The van der Waals surface area contributed by atoms with E-state index in [0.717, 1.165) is 12.5 Å². The van der Waals surface area contributed by atoms with Gasteiger partial charge in [-0.1, -0.05) is 52.2 Å². The van der Waals surface area contributed by atoms with Gasteiger partial charge in [-0.05, 0) is 43.4 Å². The number of nitrogens with zero attached hydrogens (tertiary/aromatic N) is 1. The molecule has 0 fully saturated rings. The summed E-state index contributed by atoms with van der Waals surface area (Å²) in [5.41, 5.74) is 2.84. The molecule has 19 heavy (non-hydrogen) atoms. The molecule has 1 rings (SSSR count). The van der Waals surface area contributed by atoms with Gasteiger partial charge >= 0.3 is 0 Å². The lowest BCUT2D eigenvalue weighted by atomic mass is 10.0. The van der Waals surface area contributed by atoms with Crippen LogP contribution in [0.5, 0.6) is 0 Å². The molecule has 0 aliphatic carbocycles. The minimum absolute atomic E-state index is 0.846. The SMILES string of the molecule is CCCc1ccc(N(CC)CCC(C)CCC)cc1. The molecule has 0 heterocycles. The van der Waals surface area contributed by atoms with Crippen molar-refractivity contribution in [2.24, 2.45) is 5.92 Å². The summed E-state index contributed by atoms with van der Waals surface area (Å²) in [7, 11) is 0. The molecule has 0 saturated heterocycles. The Hall–Kier alpha value is -0.980. The monoisotopic (exact) mass is 261 g/mol. The normalized spacial score (nSPS) is 12.4. The van der Waals surface area contributed by atoms with Gasteiger partial charge in [0.2, 0.25) is 0 Å². The van der Waals surface area contributed by atoms with Crippen molar-refractivity contribution < 1.29 is 0 Å². The van der Waals surface area contributed by atoms with Gasteiger partial charge in [0.1, 0.15) is 0 Å². The number of hydrogen-bond acceptors (Lipinski definition) is 1. The molecular weight excluding hydrogens is 230 g/mol. The van der Waals surface area contributed by atoms with E-state index >= 15 is 0 Å². The fourth-order valence-electron chi connectivity index (χ4n) is 2.65. The van der Waals surface area contributed by atoms with Crippen molar-refractivity contribution in [3.05, 3.63) is 29.8 Å². The van der Waals surface area contributed by atoms with Gasteiger partial charge in [0.05, 0.1) is 0 Å². The first-order valence-corrected chi connectivity index (χ1v) is 8.05. The van der Waals surface area contributed by atoms with Crippen LogP contribution in [0.25, 0.3) is 0 Å². The summed E-state index contributed by atoms with van der Waals surface area (Å²) in [5, 5.41) is 0. The summed E-state index contributed by atoms with van der Waals surface area (Å²) in [4.78, 5) is 2.50. The molecule has 0 saturated carbocycles. The van der Waals surface area contributed by atoms with E-state index in [1.165, 1.54) is 49.9 Å². The van der Waals surface area contributed by atoms with Gasteiger partial charge in [0.25, 0.3) is 0 Å². The van der Waals surface area contributed by atoms with Crippen LogP contribution in [-0.4, -0.2) is 13.1 Å². The Kier molecular flexibility index (Phi) is 7.62. The van der Waals surface area contributed by atoms with Gasteiger partial charge in [0.15, 0.2) is 0 Å². The molecule has 0 aliphatic rings. The predicted octanol–water partition coefficient (Wildman–Crippen LogP) is 5.29. The molecular formula is C18H31N. The van der Waals surface area contributed by atoms with Crippen molar-refractivity contribution in [1.29, 1.82) is 0 Å². The zero-order valence-electron chi connectivity index (χ0n) is 13.3. The molecule has 0 aliphatic heterocycles. The maximum absolute atomic E-state index is 2.50. The molecule has 1 aromatic carbocycles. The van der Waals surface area contributed by atoms with Crippen molar-refractivity contribution in [3.63, 3.8) is 0 Å². The molecule has 1 nitrogen and oxygen atoms in total. The van der Waals surface area contributed by atoms with Crippen LogP contribution >= 0.6 is 0 Å². The topological polar surface area (TPSA) is 3.24 Å². The van der Waals surface area contributed by atoms with Gasteiger partial charge in [-0.25, -0.2) is 0 Å². The van der Waals surface area contributed by atoms with Crippen LogP contribution in [-0.2, 0) is 6.42 Å². The van der Waals surface area contributed by atoms with Gasteiger partial charge in [0, 0.05) is 18.8 Å². The Bertz CT molecular complexity index is 328. The molecule has 0 amide bonds. The lowest BCUT2D eigenvalue weighted by molar-refractivity contribution is 0.484.